The molecule has 0 atom stereocenters. The topological polar surface area (TPSA) is 69.4 Å². The molecule has 1 amide bonds. The molecule has 0 aliphatic carbocycles. The van der Waals surface area contributed by atoms with E-state index in [-0.39, 0.29) is 0 Å². The lowest BCUT2D eigenvalue weighted by molar-refractivity contribution is 0.0999. The molecule has 2 aromatic carbocycles. The highest BCUT2D eigenvalue weighted by Crippen LogP contribution is 2.14. The summed E-state index contributed by atoms with van der Waals surface area (Å²) < 4.78 is 5.56. The Hall–Kier alpha value is -2.62. The average Bonchev–Trinajstić information content (AvgIpc) is 2.46. The summed E-state index contributed by atoms with van der Waals surface area (Å²) in [6.07, 6.45) is 0.778. The number of aldehydes is 1. The number of primary amides is 1. The van der Waals surface area contributed by atoms with Crippen LogP contribution in [0.3, 0.4) is 0 Å². The Morgan fingerprint density at radius 3 is 2.53 bits per heavy atom. The van der Waals surface area contributed by atoms with Crippen molar-refractivity contribution >= 4 is 12.2 Å². The number of amides is 1. The van der Waals surface area contributed by atoms with Crippen molar-refractivity contribution in [1.29, 1.82) is 0 Å². The average molecular weight is 255 g/mol. The van der Waals surface area contributed by atoms with Gasteiger partial charge in [-0.1, -0.05) is 12.1 Å². The summed E-state index contributed by atoms with van der Waals surface area (Å²) in [5.41, 5.74) is 7.12. The van der Waals surface area contributed by atoms with E-state index in [1.807, 2.05) is 6.07 Å². The molecule has 2 aromatic rings. The number of hydrogen-bond acceptors (Lipinski definition) is 3. The Kier molecular flexibility index (Phi) is 3.93. The van der Waals surface area contributed by atoms with Gasteiger partial charge in [0.25, 0.3) is 0 Å². The molecule has 2 rings (SSSR count). The first-order chi connectivity index (χ1) is 9.19. The fourth-order valence-electron chi connectivity index (χ4n) is 1.62. The molecule has 0 heterocycles. The third-order valence-electron chi connectivity index (χ3n) is 2.63. The molecule has 4 nitrogen and oxygen atoms in total. The minimum Gasteiger partial charge on any atom is -0.489 e. The minimum absolute atomic E-state index is 0.335. The van der Waals surface area contributed by atoms with Gasteiger partial charge in [0.1, 0.15) is 18.6 Å². The van der Waals surface area contributed by atoms with Crippen LogP contribution in [0.2, 0.25) is 0 Å². The van der Waals surface area contributed by atoms with Crippen LogP contribution in [-0.4, -0.2) is 12.2 Å². The molecule has 0 fully saturated rings. The highest BCUT2D eigenvalue weighted by atomic mass is 16.5. The molecule has 19 heavy (non-hydrogen) atoms. The number of rotatable bonds is 5. The lowest BCUT2D eigenvalue weighted by atomic mass is 10.1. The van der Waals surface area contributed by atoms with Gasteiger partial charge in [-0.3, -0.25) is 9.59 Å². The standard InChI is InChI=1S/C15H13NO3/c16-15(18)13-3-1-2-12(8-13)10-19-14-6-4-11(9-17)5-7-14/h1-9H,10H2,(H2,16,18). The number of ether oxygens (including phenoxy) is 1. The van der Waals surface area contributed by atoms with Crippen molar-refractivity contribution in [1.82, 2.24) is 0 Å². The fraction of sp³-hybridized carbons (Fsp3) is 0.0667. The summed E-state index contributed by atoms with van der Waals surface area (Å²) in [7, 11) is 0. The van der Waals surface area contributed by atoms with Gasteiger partial charge in [-0.25, -0.2) is 0 Å². The molecule has 0 saturated heterocycles. The van der Waals surface area contributed by atoms with Crippen molar-refractivity contribution in [2.24, 2.45) is 5.73 Å². The Balaban J connectivity index is 2.03. The SMILES string of the molecule is NC(=O)c1cccc(COc2ccc(C=O)cc2)c1. The van der Waals surface area contributed by atoms with Gasteiger partial charge in [0.15, 0.2) is 0 Å². The van der Waals surface area contributed by atoms with Gasteiger partial charge in [-0.15, -0.1) is 0 Å². The molecular formula is C15H13NO3. The normalized spacial score (nSPS) is 9.89. The molecular weight excluding hydrogens is 242 g/mol. The highest BCUT2D eigenvalue weighted by Gasteiger charge is 2.02. The summed E-state index contributed by atoms with van der Waals surface area (Å²) in [5, 5.41) is 0. The molecule has 0 aliphatic rings. The van der Waals surface area contributed by atoms with Crippen molar-refractivity contribution in [3.8, 4) is 5.75 Å². The van der Waals surface area contributed by atoms with Crippen molar-refractivity contribution in [3.63, 3.8) is 0 Å². The molecule has 96 valence electrons. The Morgan fingerprint density at radius 1 is 1.16 bits per heavy atom. The summed E-state index contributed by atoms with van der Waals surface area (Å²) in [6.45, 7) is 0.335. The summed E-state index contributed by atoms with van der Waals surface area (Å²) in [4.78, 5) is 21.6. The molecule has 2 N–H and O–H groups in total. The second-order valence-corrected chi connectivity index (χ2v) is 4.04. The first-order valence-corrected chi connectivity index (χ1v) is 5.76. The third-order valence-corrected chi connectivity index (χ3v) is 2.63. The number of nitrogens with two attached hydrogens (primary N) is 1. The van der Waals surface area contributed by atoms with Gasteiger partial charge in [0, 0.05) is 11.1 Å². The second kappa shape index (κ2) is 5.82. The van der Waals surface area contributed by atoms with Crippen LogP contribution >= 0.6 is 0 Å². The van der Waals surface area contributed by atoms with E-state index in [0.29, 0.717) is 23.5 Å². The minimum atomic E-state index is -0.461. The van der Waals surface area contributed by atoms with E-state index in [0.717, 1.165) is 11.8 Å². The smallest absolute Gasteiger partial charge is 0.248 e. The highest BCUT2D eigenvalue weighted by molar-refractivity contribution is 5.92. The van der Waals surface area contributed by atoms with E-state index in [1.165, 1.54) is 0 Å². The van der Waals surface area contributed by atoms with E-state index < -0.39 is 5.91 Å². The zero-order chi connectivity index (χ0) is 13.7. The molecule has 0 unspecified atom stereocenters. The Bertz CT molecular complexity index is 591. The van der Waals surface area contributed by atoms with Gasteiger partial charge in [0.05, 0.1) is 0 Å². The number of hydrogen-bond donors (Lipinski definition) is 1. The van der Waals surface area contributed by atoms with Gasteiger partial charge in [0.2, 0.25) is 5.91 Å². The predicted molar refractivity (Wildman–Crippen MR) is 71.1 cm³/mol. The molecule has 0 aliphatic heterocycles. The third kappa shape index (κ3) is 3.42. The fourth-order valence-corrected chi connectivity index (χ4v) is 1.62. The summed E-state index contributed by atoms with van der Waals surface area (Å²) in [5.74, 6) is 0.201. The molecule has 0 aromatic heterocycles. The maximum absolute atomic E-state index is 11.0. The van der Waals surface area contributed by atoms with E-state index in [4.69, 9.17) is 10.5 Å². The van der Waals surface area contributed by atoms with E-state index >= 15 is 0 Å². The van der Waals surface area contributed by atoms with E-state index in [2.05, 4.69) is 0 Å². The first-order valence-electron chi connectivity index (χ1n) is 5.76. The molecule has 0 radical (unpaired) electrons. The Morgan fingerprint density at radius 2 is 1.89 bits per heavy atom. The summed E-state index contributed by atoms with van der Waals surface area (Å²) in [6, 6.07) is 13.8. The van der Waals surface area contributed by atoms with Crippen molar-refractivity contribution in [2.75, 3.05) is 0 Å². The van der Waals surface area contributed by atoms with Crippen LogP contribution in [0.15, 0.2) is 48.5 Å². The largest absolute Gasteiger partial charge is 0.489 e. The number of carbonyl (C=O) groups is 2. The van der Waals surface area contributed by atoms with Crippen molar-refractivity contribution in [3.05, 3.63) is 65.2 Å². The quantitative estimate of drug-likeness (QED) is 0.832. The maximum Gasteiger partial charge on any atom is 0.248 e. The van der Waals surface area contributed by atoms with Crippen molar-refractivity contribution < 1.29 is 14.3 Å². The van der Waals surface area contributed by atoms with E-state index in [1.54, 1.807) is 42.5 Å². The van der Waals surface area contributed by atoms with Crippen LogP contribution in [0.4, 0.5) is 0 Å². The molecule has 4 heteroatoms. The van der Waals surface area contributed by atoms with Crippen LogP contribution in [0, 0.1) is 0 Å². The van der Waals surface area contributed by atoms with E-state index in [9.17, 15) is 9.59 Å². The monoisotopic (exact) mass is 255 g/mol. The van der Waals surface area contributed by atoms with Crippen LogP contribution in [0.1, 0.15) is 26.3 Å². The first kappa shape index (κ1) is 12.8. The second-order valence-electron chi connectivity index (χ2n) is 4.04. The van der Waals surface area contributed by atoms with Crippen molar-refractivity contribution in [2.45, 2.75) is 6.61 Å². The molecule has 0 spiro atoms. The Labute approximate surface area is 110 Å². The van der Waals surface area contributed by atoms with Crippen LogP contribution < -0.4 is 10.5 Å². The maximum atomic E-state index is 11.0. The lowest BCUT2D eigenvalue weighted by Crippen LogP contribution is -2.11. The molecule has 0 saturated carbocycles. The summed E-state index contributed by atoms with van der Waals surface area (Å²) >= 11 is 0. The van der Waals surface area contributed by atoms with Crippen LogP contribution in [0.25, 0.3) is 0 Å². The zero-order valence-electron chi connectivity index (χ0n) is 10.2. The zero-order valence-corrected chi connectivity index (χ0v) is 10.2. The number of carbonyl (C=O) groups excluding carboxylic acids is 2. The van der Waals surface area contributed by atoms with Gasteiger partial charge in [-0.2, -0.15) is 0 Å². The van der Waals surface area contributed by atoms with Crippen LogP contribution in [0.5, 0.6) is 5.75 Å². The lowest BCUT2D eigenvalue weighted by Gasteiger charge is -2.07. The van der Waals surface area contributed by atoms with Crippen LogP contribution in [-0.2, 0) is 6.61 Å². The number of benzene rings is 2. The van der Waals surface area contributed by atoms with Gasteiger partial charge in [-0.05, 0) is 42.0 Å². The van der Waals surface area contributed by atoms with Gasteiger partial charge < -0.3 is 10.5 Å². The predicted octanol–water partition coefficient (Wildman–Crippen LogP) is 2.18. The van der Waals surface area contributed by atoms with Gasteiger partial charge >= 0.3 is 0 Å². The molecule has 0 bridgehead atoms.